The smallest absolute Gasteiger partial charge is 0.336 e. The lowest BCUT2D eigenvalue weighted by Crippen LogP contribution is -2.46. The van der Waals surface area contributed by atoms with Crippen molar-refractivity contribution in [2.24, 2.45) is 0 Å². The highest BCUT2D eigenvalue weighted by atomic mass is 16.5. The van der Waals surface area contributed by atoms with Crippen molar-refractivity contribution in [2.45, 2.75) is 32.2 Å². The number of tetrazole rings is 1. The van der Waals surface area contributed by atoms with Crippen molar-refractivity contribution in [1.82, 2.24) is 45.1 Å². The molecular weight excluding hydrogens is 414 g/mol. The summed E-state index contributed by atoms with van der Waals surface area (Å²) in [5.41, 5.74) is 2.18. The summed E-state index contributed by atoms with van der Waals surface area (Å²) in [7, 11) is 0. The molecule has 168 valence electrons. The van der Waals surface area contributed by atoms with Gasteiger partial charge in [-0.1, -0.05) is 0 Å². The van der Waals surface area contributed by atoms with Crippen molar-refractivity contribution in [3.8, 4) is 5.82 Å². The van der Waals surface area contributed by atoms with E-state index in [0.29, 0.717) is 30.2 Å². The van der Waals surface area contributed by atoms with Crippen molar-refractivity contribution >= 4 is 12.0 Å². The number of piperidine rings is 1. The summed E-state index contributed by atoms with van der Waals surface area (Å²) in [6.45, 7) is 6.00. The molecule has 2 fully saturated rings. The molecule has 0 atom stereocenters. The first-order valence-corrected chi connectivity index (χ1v) is 10.8. The Kier molecular flexibility index (Phi) is 5.52. The summed E-state index contributed by atoms with van der Waals surface area (Å²) in [6, 6.07) is 4.03. The van der Waals surface area contributed by atoms with Crippen LogP contribution >= 0.6 is 0 Å². The van der Waals surface area contributed by atoms with E-state index in [1.807, 2.05) is 17.0 Å². The van der Waals surface area contributed by atoms with Gasteiger partial charge in [-0.25, -0.2) is 9.59 Å². The number of esters is 1. The molecule has 0 N–H and O–H groups in total. The number of urea groups is 1. The van der Waals surface area contributed by atoms with Crippen LogP contribution in [0.5, 0.6) is 0 Å². The highest BCUT2D eigenvalue weighted by Crippen LogP contribution is 2.27. The van der Waals surface area contributed by atoms with Crippen LogP contribution in [0.4, 0.5) is 4.79 Å². The molecule has 2 saturated heterocycles. The van der Waals surface area contributed by atoms with Crippen molar-refractivity contribution < 1.29 is 14.3 Å². The molecule has 3 aliphatic heterocycles. The van der Waals surface area contributed by atoms with Gasteiger partial charge in [-0.15, -0.1) is 10.2 Å². The number of nitrogens with zero attached hydrogens (tertiary/aromatic N) is 9. The van der Waals surface area contributed by atoms with Crippen LogP contribution in [0.1, 0.15) is 25.5 Å². The molecule has 12 nitrogen and oxygen atoms in total. The molecule has 0 radical (unpaired) electrons. The van der Waals surface area contributed by atoms with E-state index in [2.05, 4.69) is 30.6 Å². The van der Waals surface area contributed by atoms with Gasteiger partial charge in [0.25, 0.3) is 0 Å². The van der Waals surface area contributed by atoms with E-state index in [9.17, 15) is 9.59 Å². The molecule has 0 bridgehead atoms. The number of ether oxygens (including phenoxy) is 1. The second-order valence-corrected chi connectivity index (χ2v) is 8.24. The predicted octanol–water partition coefficient (Wildman–Crippen LogP) is 0.0276. The fourth-order valence-corrected chi connectivity index (χ4v) is 4.49. The Labute approximate surface area is 184 Å². The van der Waals surface area contributed by atoms with Gasteiger partial charge in [-0.05, 0) is 42.3 Å². The summed E-state index contributed by atoms with van der Waals surface area (Å²) in [5.74, 6) is 0.262. The summed E-state index contributed by atoms with van der Waals surface area (Å²) in [5, 5.41) is 19.5. The number of hydrogen-bond donors (Lipinski definition) is 0. The maximum Gasteiger partial charge on any atom is 0.336 e. The van der Waals surface area contributed by atoms with Gasteiger partial charge in [-0.3, -0.25) is 4.90 Å². The summed E-state index contributed by atoms with van der Waals surface area (Å²) >= 11 is 0. The number of rotatable bonds is 6. The average Bonchev–Trinajstić information content (AvgIpc) is 3.55. The van der Waals surface area contributed by atoms with Crippen molar-refractivity contribution in [3.63, 3.8) is 0 Å². The normalized spacial score (nSPS) is 20.5. The maximum atomic E-state index is 13.0. The Morgan fingerprint density at radius 2 is 1.94 bits per heavy atom. The SMILES string of the molecule is CC1=C(N2CCN(C3CCN(CCc4ccc(-n5cnnn5)nn4)CC3)C2=O)COC1=O. The molecule has 5 heterocycles. The van der Waals surface area contributed by atoms with Crippen LogP contribution in [-0.4, -0.2) is 102 Å². The van der Waals surface area contributed by atoms with E-state index in [0.717, 1.165) is 44.6 Å². The van der Waals surface area contributed by atoms with Crippen LogP contribution in [0.2, 0.25) is 0 Å². The summed E-state index contributed by atoms with van der Waals surface area (Å²) < 4.78 is 6.54. The molecule has 2 aromatic heterocycles. The average molecular weight is 439 g/mol. The van der Waals surface area contributed by atoms with E-state index in [1.54, 1.807) is 11.8 Å². The van der Waals surface area contributed by atoms with Crippen molar-refractivity contribution in [1.29, 1.82) is 0 Å². The minimum absolute atomic E-state index is 0.00551. The fraction of sp³-hybridized carbons (Fsp3) is 0.550. The Bertz CT molecular complexity index is 1010. The fourth-order valence-electron chi connectivity index (χ4n) is 4.49. The predicted molar refractivity (Wildman–Crippen MR) is 110 cm³/mol. The standard InChI is InChI=1S/C20H25N9O3/c1-14-17(12-32-19(14)30)28-11-10-27(20(28)31)16-5-8-26(9-6-16)7-4-15-2-3-18(23-22-15)29-13-21-24-25-29/h2-3,13,16H,4-12H2,1H3. The topological polar surface area (TPSA) is 122 Å². The number of carbonyl (C=O) groups is 2. The third kappa shape index (κ3) is 3.93. The Hall–Kier alpha value is -3.41. The van der Waals surface area contributed by atoms with Gasteiger partial charge in [0.2, 0.25) is 0 Å². The van der Waals surface area contributed by atoms with Gasteiger partial charge >= 0.3 is 12.0 Å². The molecule has 0 unspecified atom stereocenters. The number of carbonyl (C=O) groups excluding carboxylic acids is 2. The molecule has 0 saturated carbocycles. The minimum atomic E-state index is -0.325. The van der Waals surface area contributed by atoms with Gasteiger partial charge in [0.05, 0.1) is 17.0 Å². The van der Waals surface area contributed by atoms with E-state index in [-0.39, 0.29) is 24.6 Å². The number of hydrogen-bond acceptors (Lipinski definition) is 9. The second kappa shape index (κ2) is 8.61. The van der Waals surface area contributed by atoms with Gasteiger partial charge in [0, 0.05) is 45.2 Å². The lowest BCUT2D eigenvalue weighted by atomic mass is 10.0. The van der Waals surface area contributed by atoms with Gasteiger partial charge in [0.1, 0.15) is 12.9 Å². The monoisotopic (exact) mass is 439 g/mol. The van der Waals surface area contributed by atoms with E-state index in [1.165, 1.54) is 11.0 Å². The zero-order valence-corrected chi connectivity index (χ0v) is 17.9. The van der Waals surface area contributed by atoms with E-state index in [4.69, 9.17) is 4.74 Å². The van der Waals surface area contributed by atoms with E-state index < -0.39 is 0 Å². The molecular formula is C20H25N9O3. The van der Waals surface area contributed by atoms with Crippen molar-refractivity contribution in [2.75, 3.05) is 39.3 Å². The Balaban J connectivity index is 1.10. The first-order valence-electron chi connectivity index (χ1n) is 10.8. The second-order valence-electron chi connectivity index (χ2n) is 8.24. The molecule has 12 heteroatoms. The molecule has 0 aliphatic carbocycles. The largest absolute Gasteiger partial charge is 0.456 e. The Morgan fingerprint density at radius 3 is 2.59 bits per heavy atom. The molecule has 32 heavy (non-hydrogen) atoms. The minimum Gasteiger partial charge on any atom is -0.456 e. The van der Waals surface area contributed by atoms with Crippen LogP contribution in [0.15, 0.2) is 29.7 Å². The van der Waals surface area contributed by atoms with Crippen LogP contribution in [-0.2, 0) is 16.0 Å². The molecule has 0 spiro atoms. The number of aromatic nitrogens is 6. The maximum absolute atomic E-state index is 13.0. The van der Waals surface area contributed by atoms with Crippen LogP contribution < -0.4 is 0 Å². The summed E-state index contributed by atoms with van der Waals surface area (Å²) in [4.78, 5) is 30.7. The molecule has 0 aromatic carbocycles. The number of cyclic esters (lactones) is 1. The third-order valence-corrected chi connectivity index (χ3v) is 6.42. The molecule has 3 aliphatic rings. The number of likely N-dealkylation sites (tertiary alicyclic amines) is 1. The first kappa shape index (κ1) is 20.5. The third-order valence-electron chi connectivity index (χ3n) is 6.42. The molecule has 2 amide bonds. The van der Waals surface area contributed by atoms with Gasteiger partial charge in [0.15, 0.2) is 5.82 Å². The first-order chi connectivity index (χ1) is 15.6. The summed E-state index contributed by atoms with van der Waals surface area (Å²) in [6.07, 6.45) is 4.18. The van der Waals surface area contributed by atoms with Crippen LogP contribution in [0.3, 0.4) is 0 Å². The quantitative estimate of drug-likeness (QED) is 0.574. The lowest BCUT2D eigenvalue weighted by Gasteiger charge is -2.36. The highest BCUT2D eigenvalue weighted by Gasteiger charge is 2.39. The van der Waals surface area contributed by atoms with Gasteiger partial charge < -0.3 is 14.5 Å². The van der Waals surface area contributed by atoms with E-state index >= 15 is 0 Å². The highest BCUT2D eigenvalue weighted by molar-refractivity contribution is 5.92. The zero-order valence-electron chi connectivity index (χ0n) is 17.9. The number of amides is 2. The van der Waals surface area contributed by atoms with Crippen LogP contribution in [0, 0.1) is 0 Å². The van der Waals surface area contributed by atoms with Crippen molar-refractivity contribution in [3.05, 3.63) is 35.4 Å². The Morgan fingerprint density at radius 1 is 1.09 bits per heavy atom. The molecule has 2 aromatic rings. The van der Waals surface area contributed by atoms with Gasteiger partial charge in [-0.2, -0.15) is 9.78 Å². The molecule has 5 rings (SSSR count). The van der Waals surface area contributed by atoms with Crippen LogP contribution in [0.25, 0.3) is 5.82 Å². The lowest BCUT2D eigenvalue weighted by molar-refractivity contribution is -0.136. The zero-order chi connectivity index (χ0) is 22.1.